The molecule has 0 amide bonds. The molecule has 0 heterocycles. The van der Waals surface area contributed by atoms with Gasteiger partial charge in [-0.1, -0.05) is 39.0 Å². The monoisotopic (exact) mass is 412 g/mol. The highest BCUT2D eigenvalue weighted by Crippen LogP contribution is 2.34. The van der Waals surface area contributed by atoms with Crippen molar-refractivity contribution in [1.29, 1.82) is 0 Å². The van der Waals surface area contributed by atoms with E-state index < -0.39 is 20.2 Å². The molecule has 2 aromatic rings. The summed E-state index contributed by atoms with van der Waals surface area (Å²) in [6.45, 7) is 10.6. The fraction of sp³-hybridized carbons (Fsp3) is 0.368. The third-order valence-corrected chi connectivity index (χ3v) is 6.67. The molecule has 2 aromatic carbocycles. The zero-order chi connectivity index (χ0) is 20.8. The van der Waals surface area contributed by atoms with Gasteiger partial charge in [0.1, 0.15) is 15.5 Å². The second kappa shape index (κ2) is 6.92. The number of hydrogen-bond donors (Lipinski definition) is 1. The van der Waals surface area contributed by atoms with E-state index in [9.17, 15) is 21.4 Å². The summed E-state index contributed by atoms with van der Waals surface area (Å²) in [5.41, 5.74) is 1.65. The van der Waals surface area contributed by atoms with Gasteiger partial charge in [0.05, 0.1) is 0 Å². The predicted molar refractivity (Wildman–Crippen MR) is 103 cm³/mol. The van der Waals surface area contributed by atoms with Crippen molar-refractivity contribution in [3.63, 3.8) is 0 Å². The first-order valence-corrected chi connectivity index (χ1v) is 11.1. The Bertz CT molecular complexity index is 1070. The molecule has 148 valence electrons. The first-order chi connectivity index (χ1) is 12.1. The number of hydrogen-bond acceptors (Lipinski definition) is 5. The van der Waals surface area contributed by atoms with Crippen LogP contribution in [0.3, 0.4) is 0 Å². The highest BCUT2D eigenvalue weighted by Gasteiger charge is 2.26. The highest BCUT2D eigenvalue weighted by molar-refractivity contribution is 7.87. The van der Waals surface area contributed by atoms with Crippen molar-refractivity contribution in [2.75, 3.05) is 0 Å². The van der Waals surface area contributed by atoms with Crippen LogP contribution in [-0.4, -0.2) is 21.4 Å². The number of benzene rings is 2. The van der Waals surface area contributed by atoms with Crippen LogP contribution in [0.1, 0.15) is 43.0 Å². The molecule has 6 nitrogen and oxygen atoms in total. The van der Waals surface area contributed by atoms with Gasteiger partial charge in [0.15, 0.2) is 0 Å². The molecule has 0 unspecified atom stereocenters. The second-order valence-electron chi connectivity index (χ2n) is 7.58. The normalized spacial score (nSPS) is 12.9. The zero-order valence-electron chi connectivity index (χ0n) is 16.2. The van der Waals surface area contributed by atoms with Crippen LogP contribution in [0.5, 0.6) is 5.75 Å². The molecule has 0 aromatic heterocycles. The van der Waals surface area contributed by atoms with E-state index in [1.54, 1.807) is 19.1 Å². The Labute approximate surface area is 161 Å². The maximum Gasteiger partial charge on any atom is 0.339 e. The molecule has 0 spiro atoms. The Kier molecular flexibility index (Phi) is 5.49. The van der Waals surface area contributed by atoms with E-state index in [-0.39, 0.29) is 26.5 Å². The van der Waals surface area contributed by atoms with Gasteiger partial charge in [0.25, 0.3) is 10.1 Å². The summed E-state index contributed by atoms with van der Waals surface area (Å²) in [7, 11) is -8.69. The largest absolute Gasteiger partial charge is 0.378 e. The Morgan fingerprint density at radius 3 is 1.85 bits per heavy atom. The molecular weight excluding hydrogens is 388 g/mol. The molecule has 0 radical (unpaired) electrons. The molecular formula is C19H24O6S2. The Morgan fingerprint density at radius 2 is 1.41 bits per heavy atom. The van der Waals surface area contributed by atoms with Crippen LogP contribution < -0.4 is 4.18 Å². The predicted octanol–water partition coefficient (Wildman–Crippen LogP) is 3.92. The molecule has 0 saturated heterocycles. The van der Waals surface area contributed by atoms with Crippen LogP contribution in [0.4, 0.5) is 0 Å². The van der Waals surface area contributed by atoms with Crippen molar-refractivity contribution >= 4 is 20.2 Å². The molecule has 0 aliphatic heterocycles. The first kappa shape index (κ1) is 21.4. The van der Waals surface area contributed by atoms with Crippen LogP contribution in [0, 0.1) is 20.8 Å². The van der Waals surface area contributed by atoms with Gasteiger partial charge in [-0.2, -0.15) is 16.8 Å². The summed E-state index contributed by atoms with van der Waals surface area (Å²) in [6, 6.07) is 7.81. The van der Waals surface area contributed by atoms with E-state index in [4.69, 9.17) is 4.18 Å². The Morgan fingerprint density at radius 1 is 0.889 bits per heavy atom. The summed E-state index contributed by atoms with van der Waals surface area (Å²) < 4.78 is 63.4. The third-order valence-electron chi connectivity index (χ3n) is 4.29. The van der Waals surface area contributed by atoms with Crippen LogP contribution in [0.15, 0.2) is 40.1 Å². The summed E-state index contributed by atoms with van der Waals surface area (Å²) in [5.74, 6) is -0.104. The van der Waals surface area contributed by atoms with E-state index in [0.29, 0.717) is 11.1 Å². The molecule has 0 aliphatic carbocycles. The lowest BCUT2D eigenvalue weighted by Gasteiger charge is -2.19. The van der Waals surface area contributed by atoms with E-state index >= 15 is 0 Å². The summed E-state index contributed by atoms with van der Waals surface area (Å²) in [5, 5.41) is 0. The van der Waals surface area contributed by atoms with Crippen molar-refractivity contribution < 1.29 is 25.6 Å². The lowest BCUT2D eigenvalue weighted by atomic mass is 9.87. The van der Waals surface area contributed by atoms with Crippen molar-refractivity contribution in [3.05, 3.63) is 52.6 Å². The minimum Gasteiger partial charge on any atom is -0.378 e. The lowest BCUT2D eigenvalue weighted by Crippen LogP contribution is -2.15. The van der Waals surface area contributed by atoms with Gasteiger partial charge in [0.2, 0.25) is 0 Å². The van der Waals surface area contributed by atoms with Crippen molar-refractivity contribution in [2.24, 2.45) is 0 Å². The van der Waals surface area contributed by atoms with Gasteiger partial charge in [-0.05, 0) is 55.0 Å². The quantitative estimate of drug-likeness (QED) is 0.604. The van der Waals surface area contributed by atoms with Crippen LogP contribution in [0.2, 0.25) is 0 Å². The minimum absolute atomic E-state index is 0.0386. The Hall–Kier alpha value is -1.90. The maximum atomic E-state index is 12.7. The van der Waals surface area contributed by atoms with Gasteiger partial charge >= 0.3 is 10.1 Å². The van der Waals surface area contributed by atoms with E-state index in [1.807, 2.05) is 20.8 Å². The zero-order valence-corrected chi connectivity index (χ0v) is 17.8. The molecule has 27 heavy (non-hydrogen) atoms. The van der Waals surface area contributed by atoms with E-state index in [0.717, 1.165) is 5.56 Å². The van der Waals surface area contributed by atoms with Gasteiger partial charge < -0.3 is 4.18 Å². The van der Waals surface area contributed by atoms with Crippen LogP contribution in [-0.2, 0) is 25.7 Å². The second-order valence-corrected chi connectivity index (χ2v) is 10.5. The smallest absolute Gasteiger partial charge is 0.339 e. The fourth-order valence-corrected chi connectivity index (χ4v) is 4.94. The molecule has 0 atom stereocenters. The summed E-state index contributed by atoms with van der Waals surface area (Å²) in [6.07, 6.45) is 0. The number of aryl methyl sites for hydroxylation is 2. The van der Waals surface area contributed by atoms with Gasteiger partial charge in [-0.3, -0.25) is 4.55 Å². The van der Waals surface area contributed by atoms with Gasteiger partial charge in [-0.15, -0.1) is 0 Å². The van der Waals surface area contributed by atoms with Gasteiger partial charge in [-0.25, -0.2) is 0 Å². The average molecular weight is 413 g/mol. The average Bonchev–Trinajstić information content (AvgIpc) is 2.49. The minimum atomic E-state index is -4.52. The summed E-state index contributed by atoms with van der Waals surface area (Å²) >= 11 is 0. The summed E-state index contributed by atoms with van der Waals surface area (Å²) in [4.78, 5) is -0.385. The molecule has 0 saturated carbocycles. The highest BCUT2D eigenvalue weighted by atomic mass is 32.2. The third kappa shape index (κ3) is 4.51. The molecule has 0 aliphatic rings. The fourth-order valence-electron chi connectivity index (χ4n) is 2.96. The molecule has 8 heteroatoms. The van der Waals surface area contributed by atoms with Crippen molar-refractivity contribution in [1.82, 2.24) is 0 Å². The molecule has 1 N–H and O–H groups in total. The van der Waals surface area contributed by atoms with E-state index in [2.05, 4.69) is 0 Å². The first-order valence-electron chi connectivity index (χ1n) is 8.28. The lowest BCUT2D eigenvalue weighted by molar-refractivity contribution is 0.471. The maximum absolute atomic E-state index is 12.7. The van der Waals surface area contributed by atoms with Crippen molar-refractivity contribution in [2.45, 2.75) is 56.7 Å². The SMILES string of the molecule is Cc1cc(C)c(S(=O)(=O)O)c(C)c1OS(=O)(=O)c1ccc(C(C)(C)C)cc1. The molecule has 0 fully saturated rings. The number of rotatable bonds is 4. The van der Waals surface area contributed by atoms with Crippen LogP contribution >= 0.6 is 0 Å². The molecule has 0 bridgehead atoms. The van der Waals surface area contributed by atoms with Gasteiger partial charge in [0, 0.05) is 5.56 Å². The topological polar surface area (TPSA) is 97.7 Å². The Balaban J connectivity index is 2.53. The molecule has 2 rings (SSSR count). The van der Waals surface area contributed by atoms with Crippen LogP contribution in [0.25, 0.3) is 0 Å². The van der Waals surface area contributed by atoms with Crippen molar-refractivity contribution in [3.8, 4) is 5.75 Å². The standard InChI is InChI=1S/C19H24O6S2/c1-12-11-13(2)18(26(20,21)22)14(3)17(12)25-27(23,24)16-9-7-15(8-10-16)19(4,5)6/h7-11H,1-6H3,(H,20,21,22). The van der Waals surface area contributed by atoms with E-state index in [1.165, 1.54) is 32.0 Å².